The van der Waals surface area contributed by atoms with Gasteiger partial charge in [0.25, 0.3) is 0 Å². The number of nitrogens with zero attached hydrogens (tertiary/aromatic N) is 1. The fourth-order valence-electron chi connectivity index (χ4n) is 1.78. The van der Waals surface area contributed by atoms with Crippen molar-refractivity contribution in [2.45, 2.75) is 38.7 Å². The molecule has 0 radical (unpaired) electrons. The molecule has 1 rings (SSSR count). The minimum absolute atomic E-state index is 0.301. The minimum atomic E-state index is -0.301. The number of aliphatic hydroxyl groups excluding tert-OH is 1. The van der Waals surface area contributed by atoms with E-state index in [2.05, 4.69) is 11.8 Å². The molecular formula is C11H23NO2. The van der Waals surface area contributed by atoms with E-state index in [-0.39, 0.29) is 6.10 Å². The maximum atomic E-state index is 9.64. The highest BCUT2D eigenvalue weighted by Crippen LogP contribution is 2.07. The summed E-state index contributed by atoms with van der Waals surface area (Å²) in [5.41, 5.74) is 0. The van der Waals surface area contributed by atoms with E-state index in [9.17, 15) is 5.11 Å². The van der Waals surface area contributed by atoms with E-state index < -0.39 is 0 Å². The van der Waals surface area contributed by atoms with Crippen LogP contribution in [-0.4, -0.2) is 49.0 Å². The lowest BCUT2D eigenvalue weighted by molar-refractivity contribution is 0.0196. The highest BCUT2D eigenvalue weighted by atomic mass is 16.5. The SMILES string of the molecule is CCCCOC[C@@H](O)CN1CCCC1. The number of rotatable bonds is 7. The fraction of sp³-hybridized carbons (Fsp3) is 1.00. The maximum absolute atomic E-state index is 9.64. The lowest BCUT2D eigenvalue weighted by Gasteiger charge is -2.19. The van der Waals surface area contributed by atoms with Gasteiger partial charge in [-0.2, -0.15) is 0 Å². The van der Waals surface area contributed by atoms with Crippen LogP contribution < -0.4 is 0 Å². The number of unbranched alkanes of at least 4 members (excludes halogenated alkanes) is 1. The first-order valence-corrected chi connectivity index (χ1v) is 5.81. The third-order valence-corrected chi connectivity index (χ3v) is 2.62. The van der Waals surface area contributed by atoms with Gasteiger partial charge in [-0.1, -0.05) is 13.3 Å². The van der Waals surface area contributed by atoms with Gasteiger partial charge in [-0.3, -0.25) is 0 Å². The summed E-state index contributed by atoms with van der Waals surface area (Å²) in [5.74, 6) is 0. The van der Waals surface area contributed by atoms with E-state index in [1.54, 1.807) is 0 Å². The van der Waals surface area contributed by atoms with Gasteiger partial charge in [0.2, 0.25) is 0 Å². The Morgan fingerprint density at radius 2 is 2.07 bits per heavy atom. The third kappa shape index (κ3) is 4.94. The standard InChI is InChI=1S/C11H23NO2/c1-2-3-8-14-10-11(13)9-12-6-4-5-7-12/h11,13H,2-10H2,1H3/t11-/m0/s1. The number of hydrogen-bond acceptors (Lipinski definition) is 3. The highest BCUT2D eigenvalue weighted by Gasteiger charge is 2.15. The minimum Gasteiger partial charge on any atom is -0.389 e. The smallest absolute Gasteiger partial charge is 0.0900 e. The van der Waals surface area contributed by atoms with Crippen molar-refractivity contribution in [2.24, 2.45) is 0 Å². The topological polar surface area (TPSA) is 32.7 Å². The number of ether oxygens (including phenoxy) is 1. The molecule has 0 unspecified atom stereocenters. The third-order valence-electron chi connectivity index (χ3n) is 2.62. The Hall–Kier alpha value is -0.120. The Bertz CT molecular complexity index is 135. The van der Waals surface area contributed by atoms with Gasteiger partial charge in [-0.05, 0) is 32.4 Å². The summed E-state index contributed by atoms with van der Waals surface area (Å²) in [6.07, 6.45) is 4.51. The zero-order valence-electron chi connectivity index (χ0n) is 9.24. The molecule has 0 aromatic carbocycles. The monoisotopic (exact) mass is 201 g/mol. The fourth-order valence-corrected chi connectivity index (χ4v) is 1.78. The number of β-amino-alcohol motifs (C(OH)–C–C–N with tert-alkyl or cyclic N) is 1. The molecule has 84 valence electrons. The van der Waals surface area contributed by atoms with Crippen molar-refractivity contribution >= 4 is 0 Å². The molecular weight excluding hydrogens is 178 g/mol. The van der Waals surface area contributed by atoms with Gasteiger partial charge in [-0.25, -0.2) is 0 Å². The quantitative estimate of drug-likeness (QED) is 0.629. The predicted molar refractivity (Wildman–Crippen MR) is 57.4 cm³/mol. The van der Waals surface area contributed by atoms with Crippen molar-refractivity contribution in [3.05, 3.63) is 0 Å². The Morgan fingerprint density at radius 1 is 1.36 bits per heavy atom. The van der Waals surface area contributed by atoms with Crippen LogP contribution in [0.3, 0.4) is 0 Å². The van der Waals surface area contributed by atoms with E-state index in [1.165, 1.54) is 12.8 Å². The Labute approximate surface area is 87.1 Å². The van der Waals surface area contributed by atoms with Crippen LogP contribution >= 0.6 is 0 Å². The first-order valence-electron chi connectivity index (χ1n) is 5.81. The van der Waals surface area contributed by atoms with Crippen molar-refractivity contribution in [1.82, 2.24) is 4.90 Å². The lowest BCUT2D eigenvalue weighted by atomic mass is 10.3. The molecule has 0 aromatic rings. The molecule has 0 bridgehead atoms. The summed E-state index contributed by atoms with van der Waals surface area (Å²) >= 11 is 0. The molecule has 1 fully saturated rings. The van der Waals surface area contributed by atoms with Gasteiger partial charge < -0.3 is 14.7 Å². The second kappa shape index (κ2) is 7.21. The molecule has 0 amide bonds. The molecule has 14 heavy (non-hydrogen) atoms. The first kappa shape index (κ1) is 12.0. The van der Waals surface area contributed by atoms with Crippen LogP contribution in [-0.2, 0) is 4.74 Å². The zero-order chi connectivity index (χ0) is 10.2. The zero-order valence-corrected chi connectivity index (χ0v) is 9.24. The second-order valence-electron chi connectivity index (χ2n) is 4.09. The van der Waals surface area contributed by atoms with Crippen LogP contribution in [0.4, 0.5) is 0 Å². The summed E-state index contributed by atoms with van der Waals surface area (Å²) in [7, 11) is 0. The Kier molecular flexibility index (Phi) is 6.15. The predicted octanol–water partition coefficient (Wildman–Crippen LogP) is 1.26. The van der Waals surface area contributed by atoms with Crippen LogP contribution in [0.15, 0.2) is 0 Å². The maximum Gasteiger partial charge on any atom is 0.0900 e. The average Bonchev–Trinajstić information content (AvgIpc) is 2.65. The van der Waals surface area contributed by atoms with Crippen molar-refractivity contribution in [3.8, 4) is 0 Å². The largest absolute Gasteiger partial charge is 0.389 e. The molecule has 1 aliphatic rings. The van der Waals surface area contributed by atoms with Crippen molar-refractivity contribution in [2.75, 3.05) is 32.8 Å². The summed E-state index contributed by atoms with van der Waals surface area (Å²) < 4.78 is 5.37. The van der Waals surface area contributed by atoms with E-state index in [1.807, 2.05) is 0 Å². The number of likely N-dealkylation sites (tertiary alicyclic amines) is 1. The molecule has 0 aliphatic carbocycles. The Balaban J connectivity index is 1.95. The van der Waals surface area contributed by atoms with Crippen molar-refractivity contribution in [1.29, 1.82) is 0 Å². The van der Waals surface area contributed by atoms with Gasteiger partial charge in [-0.15, -0.1) is 0 Å². The summed E-state index contributed by atoms with van der Waals surface area (Å²) in [6.45, 7) is 6.50. The molecule has 0 aromatic heterocycles. The molecule has 1 aliphatic heterocycles. The average molecular weight is 201 g/mol. The molecule has 3 nitrogen and oxygen atoms in total. The molecule has 1 N–H and O–H groups in total. The van der Waals surface area contributed by atoms with Crippen LogP contribution in [0.25, 0.3) is 0 Å². The van der Waals surface area contributed by atoms with Gasteiger partial charge in [0.05, 0.1) is 12.7 Å². The van der Waals surface area contributed by atoms with Crippen molar-refractivity contribution < 1.29 is 9.84 Å². The van der Waals surface area contributed by atoms with Crippen LogP contribution in [0.5, 0.6) is 0 Å². The van der Waals surface area contributed by atoms with E-state index in [0.717, 1.165) is 39.1 Å². The van der Waals surface area contributed by atoms with Crippen LogP contribution in [0, 0.1) is 0 Å². The van der Waals surface area contributed by atoms with Gasteiger partial charge >= 0.3 is 0 Å². The van der Waals surface area contributed by atoms with E-state index in [0.29, 0.717) is 6.61 Å². The van der Waals surface area contributed by atoms with Gasteiger partial charge in [0.15, 0.2) is 0 Å². The summed E-state index contributed by atoms with van der Waals surface area (Å²) in [5, 5.41) is 9.64. The van der Waals surface area contributed by atoms with Gasteiger partial charge in [0.1, 0.15) is 0 Å². The van der Waals surface area contributed by atoms with E-state index in [4.69, 9.17) is 4.74 Å². The van der Waals surface area contributed by atoms with E-state index >= 15 is 0 Å². The normalized spacial score (nSPS) is 20.1. The molecule has 1 heterocycles. The number of aliphatic hydroxyl groups is 1. The molecule has 0 spiro atoms. The van der Waals surface area contributed by atoms with Gasteiger partial charge in [0, 0.05) is 13.2 Å². The van der Waals surface area contributed by atoms with Crippen LogP contribution in [0.2, 0.25) is 0 Å². The summed E-state index contributed by atoms with van der Waals surface area (Å²) in [4.78, 5) is 2.31. The molecule has 3 heteroatoms. The Morgan fingerprint density at radius 3 is 2.71 bits per heavy atom. The van der Waals surface area contributed by atoms with Crippen LogP contribution in [0.1, 0.15) is 32.6 Å². The lowest BCUT2D eigenvalue weighted by Crippen LogP contribution is -2.32. The molecule has 1 saturated heterocycles. The molecule has 1 atom stereocenters. The second-order valence-corrected chi connectivity index (χ2v) is 4.09. The first-order chi connectivity index (χ1) is 6.83. The highest BCUT2D eigenvalue weighted by molar-refractivity contribution is 4.69. The summed E-state index contributed by atoms with van der Waals surface area (Å²) in [6, 6.07) is 0. The van der Waals surface area contributed by atoms with Crippen molar-refractivity contribution in [3.63, 3.8) is 0 Å². The molecule has 0 saturated carbocycles. The number of hydrogen-bond donors (Lipinski definition) is 1.